The first-order valence-corrected chi connectivity index (χ1v) is 13.3. The van der Waals surface area contributed by atoms with Crippen molar-refractivity contribution in [3.05, 3.63) is 35.9 Å². The van der Waals surface area contributed by atoms with Crippen LogP contribution in [0.5, 0.6) is 0 Å². The molecule has 178 valence electrons. The van der Waals surface area contributed by atoms with Crippen LogP contribution < -0.4 is 4.72 Å². The van der Waals surface area contributed by atoms with E-state index in [1.807, 2.05) is 30.3 Å². The van der Waals surface area contributed by atoms with E-state index in [0.717, 1.165) is 44.1 Å². The third kappa shape index (κ3) is 3.66. The van der Waals surface area contributed by atoms with E-state index >= 15 is 0 Å². The van der Waals surface area contributed by atoms with E-state index in [1.54, 1.807) is 14.2 Å². The summed E-state index contributed by atoms with van der Waals surface area (Å²) in [5.41, 5.74) is -0.981. The highest BCUT2D eigenvalue weighted by Crippen LogP contribution is 2.61. The van der Waals surface area contributed by atoms with Crippen LogP contribution in [0.15, 0.2) is 34.7 Å². The number of nitrogens with zero attached hydrogens (tertiary/aromatic N) is 2. The van der Waals surface area contributed by atoms with Crippen molar-refractivity contribution in [1.29, 1.82) is 0 Å². The van der Waals surface area contributed by atoms with Crippen LogP contribution in [0.3, 0.4) is 0 Å². The quantitative estimate of drug-likeness (QED) is 0.610. The fourth-order valence-electron chi connectivity index (χ4n) is 7.29. The monoisotopic (exact) mass is 491 g/mol. The molecule has 2 amide bonds. The van der Waals surface area contributed by atoms with Gasteiger partial charge >= 0.3 is 15.7 Å². The van der Waals surface area contributed by atoms with Crippen molar-refractivity contribution in [3.63, 3.8) is 0 Å². The molecule has 4 bridgehead atoms. The van der Waals surface area contributed by atoms with Gasteiger partial charge in [-0.1, -0.05) is 30.3 Å². The zero-order valence-electron chi connectivity index (χ0n) is 18.8. The molecule has 4 atom stereocenters. The van der Waals surface area contributed by atoms with Crippen LogP contribution in [-0.4, -0.2) is 56.3 Å². The molecule has 5 saturated carbocycles. The van der Waals surface area contributed by atoms with Crippen molar-refractivity contribution in [2.45, 2.75) is 61.6 Å². The fourth-order valence-corrected chi connectivity index (χ4v) is 8.30. The number of methoxy groups -OCH3 is 1. The van der Waals surface area contributed by atoms with Gasteiger partial charge in [0.2, 0.25) is 5.91 Å². The summed E-state index contributed by atoms with van der Waals surface area (Å²) in [4.78, 5) is 29.4. The van der Waals surface area contributed by atoms with Crippen LogP contribution >= 0.6 is 11.9 Å². The lowest BCUT2D eigenvalue weighted by molar-refractivity contribution is -0.165. The molecule has 5 fully saturated rings. The summed E-state index contributed by atoms with van der Waals surface area (Å²) in [6.07, 6.45) is 4.88. The second-order valence-corrected chi connectivity index (χ2v) is 11.6. The minimum Gasteiger partial charge on any atom is -0.381 e. The Labute approximate surface area is 199 Å². The molecule has 6 rings (SSSR count). The first-order valence-electron chi connectivity index (χ1n) is 11.5. The highest BCUT2D eigenvalue weighted by atomic mass is 32.2. The number of carbonyl (C=O) groups excluding carboxylic acids is 2. The van der Waals surface area contributed by atoms with Gasteiger partial charge in [0.05, 0.1) is 17.7 Å². The lowest BCUT2D eigenvalue weighted by Gasteiger charge is -2.62. The predicted octanol–water partition coefficient (Wildman–Crippen LogP) is 3.17. The number of imide groups is 1. The standard InChI is InChI=1S/C23H29N3O5S2/c1-24-32-21(28)26(22-10-14-8-15(11-22)19(31-2)16(9-14)12-22)20(27)23(13-18(23)25-33(29)30)17-6-4-3-5-7-17/h3-7,14-16,18-19,24H,8-13H2,1-2H3. The molecular weight excluding hydrogens is 462 g/mol. The Hall–Kier alpha value is -1.75. The molecule has 1 N–H and O–H groups in total. The molecule has 4 unspecified atom stereocenters. The van der Waals surface area contributed by atoms with Crippen molar-refractivity contribution in [3.8, 4) is 0 Å². The van der Waals surface area contributed by atoms with E-state index in [1.165, 1.54) is 4.90 Å². The molecule has 0 saturated heterocycles. The SMILES string of the molecule is CNSC(=O)N(C(=O)C1(c2ccccc2)CC1N=S(=O)=O)C12CC3CC(C1)C(OC)C(C3)C2. The summed E-state index contributed by atoms with van der Waals surface area (Å²) in [5, 5.41) is -0.331. The number of hydrogen-bond acceptors (Lipinski definition) is 8. The van der Waals surface area contributed by atoms with Gasteiger partial charge < -0.3 is 4.74 Å². The first kappa shape index (κ1) is 23.0. The van der Waals surface area contributed by atoms with Crippen LogP contribution in [0.2, 0.25) is 0 Å². The maximum absolute atomic E-state index is 14.4. The molecule has 10 heteroatoms. The average molecular weight is 492 g/mol. The van der Waals surface area contributed by atoms with Gasteiger partial charge in [-0.25, -0.2) is 0 Å². The van der Waals surface area contributed by atoms with E-state index in [-0.39, 0.29) is 23.7 Å². The molecule has 0 aromatic heterocycles. The van der Waals surface area contributed by atoms with Crippen LogP contribution in [0.25, 0.3) is 0 Å². The number of nitrogens with one attached hydrogen (secondary N) is 1. The molecule has 0 spiro atoms. The molecule has 5 aliphatic rings. The van der Waals surface area contributed by atoms with Gasteiger partial charge in [0, 0.05) is 19.1 Å². The van der Waals surface area contributed by atoms with Crippen LogP contribution in [0.1, 0.15) is 44.1 Å². The van der Waals surface area contributed by atoms with Crippen molar-refractivity contribution in [1.82, 2.24) is 9.62 Å². The highest BCUT2D eigenvalue weighted by molar-refractivity contribution is 8.11. The third-order valence-electron chi connectivity index (χ3n) is 8.28. The van der Waals surface area contributed by atoms with E-state index in [2.05, 4.69) is 9.08 Å². The third-order valence-corrected chi connectivity index (χ3v) is 9.27. The number of ether oxygens (including phenoxy) is 1. The Bertz CT molecular complexity index is 1070. The molecular formula is C23H29N3O5S2. The predicted molar refractivity (Wildman–Crippen MR) is 124 cm³/mol. The smallest absolute Gasteiger partial charge is 0.311 e. The molecule has 0 aliphatic heterocycles. The van der Waals surface area contributed by atoms with Gasteiger partial charge in [0.15, 0.2) is 0 Å². The summed E-state index contributed by atoms with van der Waals surface area (Å²) in [5.74, 6) is 0.797. The Morgan fingerprint density at radius 2 is 1.79 bits per heavy atom. The Balaban J connectivity index is 1.58. The van der Waals surface area contributed by atoms with Crippen LogP contribution in [0.4, 0.5) is 4.79 Å². The molecule has 0 heterocycles. The Morgan fingerprint density at radius 3 is 2.36 bits per heavy atom. The van der Waals surface area contributed by atoms with Crippen molar-refractivity contribution >= 4 is 33.6 Å². The van der Waals surface area contributed by atoms with Gasteiger partial charge in [0.25, 0.3) is 0 Å². The van der Waals surface area contributed by atoms with Gasteiger partial charge in [-0.15, -0.1) is 0 Å². The minimum atomic E-state index is -2.63. The normalized spacial score (nSPS) is 38.1. The van der Waals surface area contributed by atoms with E-state index < -0.39 is 27.5 Å². The maximum Gasteiger partial charge on any atom is 0.311 e. The minimum absolute atomic E-state index is 0.174. The summed E-state index contributed by atoms with van der Waals surface area (Å²) in [7, 11) is 0.791. The lowest BCUT2D eigenvalue weighted by Crippen LogP contribution is -2.67. The topological polar surface area (TPSA) is 105 Å². The van der Waals surface area contributed by atoms with Crippen molar-refractivity contribution in [2.24, 2.45) is 22.1 Å². The van der Waals surface area contributed by atoms with E-state index in [9.17, 15) is 18.0 Å². The fraction of sp³-hybridized carbons (Fsp3) is 0.652. The number of hydrogen-bond donors (Lipinski definition) is 1. The molecule has 33 heavy (non-hydrogen) atoms. The van der Waals surface area contributed by atoms with Crippen molar-refractivity contribution < 1.29 is 22.7 Å². The van der Waals surface area contributed by atoms with E-state index in [4.69, 9.17) is 4.74 Å². The average Bonchev–Trinajstić information content (AvgIpc) is 3.48. The number of carbonyl (C=O) groups is 2. The summed E-state index contributed by atoms with van der Waals surface area (Å²) in [6, 6.07) is 8.48. The van der Waals surface area contributed by atoms with Gasteiger partial charge in [-0.2, -0.15) is 12.8 Å². The number of amides is 2. The van der Waals surface area contributed by atoms with Crippen LogP contribution in [0, 0.1) is 17.8 Å². The Kier molecular flexibility index (Phi) is 5.91. The first-order chi connectivity index (χ1) is 15.8. The maximum atomic E-state index is 14.4. The zero-order chi connectivity index (χ0) is 23.4. The molecule has 1 aromatic rings. The molecule has 1 aromatic carbocycles. The van der Waals surface area contributed by atoms with Crippen molar-refractivity contribution in [2.75, 3.05) is 14.2 Å². The summed E-state index contributed by atoms with van der Waals surface area (Å²) in [6.45, 7) is 0. The zero-order valence-corrected chi connectivity index (χ0v) is 20.4. The van der Waals surface area contributed by atoms with Gasteiger partial charge in [-0.05, 0) is 68.9 Å². The molecule has 5 aliphatic carbocycles. The molecule has 0 radical (unpaired) electrons. The number of benzene rings is 1. The second-order valence-electron chi connectivity index (χ2n) is 9.99. The van der Waals surface area contributed by atoms with E-state index in [0.29, 0.717) is 23.3 Å². The second kappa shape index (κ2) is 8.48. The molecule has 8 nitrogen and oxygen atoms in total. The summed E-state index contributed by atoms with van der Waals surface area (Å²) >= 11 is 0.910. The summed E-state index contributed by atoms with van der Waals surface area (Å²) < 4.78 is 35.3. The van der Waals surface area contributed by atoms with Crippen LogP contribution in [-0.2, 0) is 25.4 Å². The van der Waals surface area contributed by atoms with Gasteiger partial charge in [-0.3, -0.25) is 19.2 Å². The largest absolute Gasteiger partial charge is 0.381 e. The highest BCUT2D eigenvalue weighted by Gasteiger charge is 2.68. The Morgan fingerprint density at radius 1 is 1.12 bits per heavy atom. The van der Waals surface area contributed by atoms with Gasteiger partial charge in [0.1, 0.15) is 5.41 Å². The lowest BCUT2D eigenvalue weighted by atomic mass is 9.51. The number of rotatable bonds is 6.